The second-order valence-electron chi connectivity index (χ2n) is 5.62. The van der Waals surface area contributed by atoms with Gasteiger partial charge in [-0.2, -0.15) is 5.26 Å². The summed E-state index contributed by atoms with van der Waals surface area (Å²) in [6.45, 7) is 1.97. The Kier molecular flexibility index (Phi) is 3.77. The van der Waals surface area contributed by atoms with Crippen LogP contribution in [0.25, 0.3) is 0 Å². The molecule has 7 nitrogen and oxygen atoms in total. The number of aryl methyl sites for hydroxylation is 1. The van der Waals surface area contributed by atoms with Gasteiger partial charge in [0.05, 0.1) is 11.6 Å². The van der Waals surface area contributed by atoms with Gasteiger partial charge in [0.2, 0.25) is 0 Å². The van der Waals surface area contributed by atoms with E-state index in [1.165, 1.54) is 21.7 Å². The van der Waals surface area contributed by atoms with E-state index in [1.54, 1.807) is 25.1 Å². The fourth-order valence-corrected chi connectivity index (χ4v) is 2.62. The molecule has 3 rings (SSSR count). The molecule has 1 fully saturated rings. The Morgan fingerprint density at radius 1 is 1.38 bits per heavy atom. The molecule has 1 saturated heterocycles. The second kappa shape index (κ2) is 5.77. The maximum atomic E-state index is 14.0. The first-order chi connectivity index (χ1) is 11.4. The Labute approximate surface area is 135 Å². The number of carbonyl (C=O) groups excluding carboxylic acids is 1. The largest absolute Gasteiger partial charge is 0.334 e. The molecule has 0 atom stereocenters. The molecule has 0 spiro atoms. The molecule has 0 bridgehead atoms. The van der Waals surface area contributed by atoms with E-state index in [0.717, 1.165) is 0 Å². The zero-order chi connectivity index (χ0) is 17.4. The van der Waals surface area contributed by atoms with E-state index in [2.05, 4.69) is 4.98 Å². The third-order valence-corrected chi connectivity index (χ3v) is 4.05. The van der Waals surface area contributed by atoms with E-state index in [0.29, 0.717) is 5.56 Å². The van der Waals surface area contributed by atoms with Gasteiger partial charge in [-0.25, -0.2) is 9.18 Å². The highest BCUT2D eigenvalue weighted by molar-refractivity contribution is 5.95. The van der Waals surface area contributed by atoms with Crippen molar-refractivity contribution in [2.45, 2.75) is 13.0 Å². The van der Waals surface area contributed by atoms with Crippen LogP contribution in [0.5, 0.6) is 0 Å². The van der Waals surface area contributed by atoms with Gasteiger partial charge in [-0.1, -0.05) is 12.1 Å². The molecule has 2 aromatic rings. The first-order valence-corrected chi connectivity index (χ1v) is 7.22. The number of hydrogen-bond donors (Lipinski definition) is 1. The third-order valence-electron chi connectivity index (χ3n) is 4.05. The van der Waals surface area contributed by atoms with E-state index in [4.69, 9.17) is 5.26 Å². The Morgan fingerprint density at radius 2 is 2.08 bits per heavy atom. The number of hydrogen-bond acceptors (Lipinski definition) is 4. The average molecular weight is 328 g/mol. The normalized spacial score (nSPS) is 14.1. The molecule has 1 amide bonds. The van der Waals surface area contributed by atoms with Crippen molar-refractivity contribution in [3.8, 4) is 6.07 Å². The number of aromatic nitrogens is 2. The van der Waals surface area contributed by atoms with Crippen molar-refractivity contribution in [2.75, 3.05) is 13.1 Å². The van der Waals surface area contributed by atoms with Gasteiger partial charge in [0.1, 0.15) is 17.4 Å². The molecule has 0 saturated carbocycles. The summed E-state index contributed by atoms with van der Waals surface area (Å²) < 4.78 is 15.2. The molecule has 0 unspecified atom stereocenters. The summed E-state index contributed by atoms with van der Waals surface area (Å²) >= 11 is 0. The molecule has 122 valence electrons. The Balaban J connectivity index is 1.80. The van der Waals surface area contributed by atoms with Crippen molar-refractivity contribution in [1.82, 2.24) is 14.5 Å². The number of amides is 1. The number of likely N-dealkylation sites (tertiary alicyclic amines) is 1. The van der Waals surface area contributed by atoms with E-state index < -0.39 is 23.0 Å². The minimum Gasteiger partial charge on any atom is -0.334 e. The summed E-state index contributed by atoms with van der Waals surface area (Å²) in [5.74, 6) is -1.01. The van der Waals surface area contributed by atoms with Gasteiger partial charge in [0, 0.05) is 19.3 Å². The highest BCUT2D eigenvalue weighted by Crippen LogP contribution is 2.23. The van der Waals surface area contributed by atoms with Gasteiger partial charge >= 0.3 is 5.69 Å². The smallest absolute Gasteiger partial charge is 0.328 e. The number of nitrogens with one attached hydrogen (secondary N) is 1. The van der Waals surface area contributed by atoms with Crippen molar-refractivity contribution in [2.24, 2.45) is 0 Å². The van der Waals surface area contributed by atoms with Gasteiger partial charge in [-0.15, -0.1) is 0 Å². The zero-order valence-electron chi connectivity index (χ0n) is 12.7. The number of rotatable bonds is 2. The van der Waals surface area contributed by atoms with Gasteiger partial charge < -0.3 is 4.90 Å². The topological polar surface area (TPSA) is 99.0 Å². The highest BCUT2D eigenvalue weighted by Gasteiger charge is 2.34. The molecule has 1 N–H and O–H groups in total. The Hall–Kier alpha value is -3.21. The minimum absolute atomic E-state index is 0.0139. The number of benzene rings is 1. The molecular weight excluding hydrogens is 315 g/mol. The third kappa shape index (κ3) is 2.50. The molecule has 8 heteroatoms. The molecule has 24 heavy (non-hydrogen) atoms. The van der Waals surface area contributed by atoms with Crippen LogP contribution in [0.15, 0.2) is 34.0 Å². The quantitative estimate of drug-likeness (QED) is 0.870. The maximum Gasteiger partial charge on any atom is 0.328 e. The van der Waals surface area contributed by atoms with Crippen LogP contribution in [0.1, 0.15) is 27.5 Å². The summed E-state index contributed by atoms with van der Waals surface area (Å²) in [6, 6.07) is 5.94. The molecular formula is C16H13FN4O3. The molecule has 1 aliphatic heterocycles. The summed E-state index contributed by atoms with van der Waals surface area (Å²) in [6.07, 6.45) is 1.18. The number of carbonyl (C=O) groups is 1. The number of halogens is 1. The van der Waals surface area contributed by atoms with Crippen LogP contribution in [0.4, 0.5) is 4.39 Å². The van der Waals surface area contributed by atoms with Crippen molar-refractivity contribution >= 4 is 5.91 Å². The summed E-state index contributed by atoms with van der Waals surface area (Å²) in [4.78, 5) is 39.0. The number of nitriles is 1. The monoisotopic (exact) mass is 328 g/mol. The molecule has 1 aliphatic rings. The van der Waals surface area contributed by atoms with Gasteiger partial charge in [-0.05, 0) is 18.6 Å². The van der Waals surface area contributed by atoms with Crippen LogP contribution in [-0.4, -0.2) is 33.4 Å². The number of nitrogens with zero attached hydrogens (tertiary/aromatic N) is 3. The van der Waals surface area contributed by atoms with Crippen LogP contribution in [0.2, 0.25) is 0 Å². The van der Waals surface area contributed by atoms with Crippen molar-refractivity contribution in [3.63, 3.8) is 0 Å². The van der Waals surface area contributed by atoms with Crippen LogP contribution >= 0.6 is 0 Å². The van der Waals surface area contributed by atoms with Crippen molar-refractivity contribution in [3.05, 3.63) is 67.7 Å². The first kappa shape index (κ1) is 15.7. The molecule has 1 aromatic carbocycles. The molecule has 0 aliphatic carbocycles. The molecule has 0 radical (unpaired) electrons. The van der Waals surface area contributed by atoms with Crippen molar-refractivity contribution < 1.29 is 9.18 Å². The lowest BCUT2D eigenvalue weighted by molar-refractivity contribution is 0.0508. The van der Waals surface area contributed by atoms with Crippen LogP contribution < -0.4 is 11.2 Å². The lowest BCUT2D eigenvalue weighted by Crippen LogP contribution is -2.53. The highest BCUT2D eigenvalue weighted by atomic mass is 19.1. The van der Waals surface area contributed by atoms with Gasteiger partial charge in [0.15, 0.2) is 0 Å². The number of aromatic amines is 1. The lowest BCUT2D eigenvalue weighted by Gasteiger charge is -2.40. The van der Waals surface area contributed by atoms with E-state index in [9.17, 15) is 18.8 Å². The Bertz CT molecular complexity index is 980. The standard InChI is InChI=1S/C16H13FN4O3/c1-9-3-2-4-12(13(9)17)15(23)20-7-11(8-20)21-6-10(5-18)14(22)19-16(21)24/h2-4,6,11H,7-8H2,1H3,(H,19,22,24). The van der Waals surface area contributed by atoms with Crippen LogP contribution in [0.3, 0.4) is 0 Å². The average Bonchev–Trinajstić information content (AvgIpc) is 2.50. The van der Waals surface area contributed by atoms with Gasteiger partial charge in [-0.3, -0.25) is 19.1 Å². The van der Waals surface area contributed by atoms with Crippen molar-refractivity contribution in [1.29, 1.82) is 5.26 Å². The van der Waals surface area contributed by atoms with E-state index in [-0.39, 0.29) is 30.3 Å². The predicted molar refractivity (Wildman–Crippen MR) is 82.1 cm³/mol. The summed E-state index contributed by atoms with van der Waals surface area (Å²) in [7, 11) is 0. The summed E-state index contributed by atoms with van der Waals surface area (Å²) in [5, 5.41) is 8.86. The maximum absolute atomic E-state index is 14.0. The zero-order valence-corrected chi connectivity index (χ0v) is 12.7. The van der Waals surface area contributed by atoms with E-state index in [1.807, 2.05) is 0 Å². The van der Waals surface area contributed by atoms with Gasteiger partial charge in [0.25, 0.3) is 11.5 Å². The Morgan fingerprint density at radius 3 is 2.75 bits per heavy atom. The van der Waals surface area contributed by atoms with Crippen LogP contribution in [-0.2, 0) is 0 Å². The predicted octanol–water partition coefficient (Wildman–Crippen LogP) is 0.553. The molecule has 1 aromatic heterocycles. The van der Waals surface area contributed by atoms with Crippen LogP contribution in [0, 0.1) is 24.1 Å². The van der Waals surface area contributed by atoms with E-state index >= 15 is 0 Å². The summed E-state index contributed by atoms with van der Waals surface area (Å²) in [5.41, 5.74) is -1.19. The number of H-pyrrole nitrogens is 1. The lowest BCUT2D eigenvalue weighted by atomic mass is 10.0. The fraction of sp³-hybridized carbons (Fsp3) is 0.250. The molecule has 2 heterocycles. The fourth-order valence-electron chi connectivity index (χ4n) is 2.62. The SMILES string of the molecule is Cc1cccc(C(=O)N2CC(n3cc(C#N)c(=O)[nH]c3=O)C2)c1F. The minimum atomic E-state index is -0.743. The second-order valence-corrected chi connectivity index (χ2v) is 5.62. The first-order valence-electron chi connectivity index (χ1n) is 7.22.